The topological polar surface area (TPSA) is 18.5 Å². The van der Waals surface area contributed by atoms with E-state index in [9.17, 15) is 0 Å². The quantitative estimate of drug-likeness (QED) is 0.820. The van der Waals surface area contributed by atoms with E-state index in [-0.39, 0.29) is 0 Å². The van der Waals surface area contributed by atoms with E-state index in [0.717, 1.165) is 31.2 Å². The molecular formula is C14H24ClN3. The number of halogens is 1. The summed E-state index contributed by atoms with van der Waals surface area (Å²) >= 11 is 6.10. The molecule has 0 aromatic heterocycles. The molecule has 0 aliphatic heterocycles. The van der Waals surface area contributed by atoms with Crippen LogP contribution in [0.3, 0.4) is 0 Å². The Morgan fingerprint density at radius 3 is 2.50 bits per heavy atom. The first kappa shape index (κ1) is 15.3. The second kappa shape index (κ2) is 7.62. The van der Waals surface area contributed by atoms with Gasteiger partial charge in [-0.2, -0.15) is 0 Å². The van der Waals surface area contributed by atoms with Crippen LogP contribution in [0.25, 0.3) is 0 Å². The average molecular weight is 270 g/mol. The molecule has 0 unspecified atom stereocenters. The molecule has 1 rings (SSSR count). The number of hydrogen-bond acceptors (Lipinski definition) is 3. The average Bonchev–Trinajstić information content (AvgIpc) is 2.34. The lowest BCUT2D eigenvalue weighted by molar-refractivity contribution is 0.416. The number of nitrogens with zero attached hydrogens (tertiary/aromatic N) is 2. The number of benzene rings is 1. The lowest BCUT2D eigenvalue weighted by Gasteiger charge is -2.24. The minimum absolute atomic E-state index is 0.793. The van der Waals surface area contributed by atoms with Crippen LogP contribution < -0.4 is 10.2 Å². The predicted octanol–water partition coefficient (Wildman–Crippen LogP) is 2.45. The van der Waals surface area contributed by atoms with Crippen LogP contribution in [-0.2, 0) is 6.54 Å². The predicted molar refractivity (Wildman–Crippen MR) is 80.7 cm³/mol. The molecule has 0 aliphatic carbocycles. The molecule has 0 radical (unpaired) electrons. The van der Waals surface area contributed by atoms with Crippen molar-refractivity contribution in [2.75, 3.05) is 45.7 Å². The summed E-state index contributed by atoms with van der Waals surface area (Å²) in [5, 5.41) is 4.16. The molecule has 1 aromatic carbocycles. The molecule has 0 saturated carbocycles. The lowest BCUT2D eigenvalue weighted by atomic mass is 10.1. The van der Waals surface area contributed by atoms with Crippen LogP contribution in [0.5, 0.6) is 0 Å². The van der Waals surface area contributed by atoms with Gasteiger partial charge in [0.05, 0.1) is 0 Å². The maximum atomic E-state index is 6.10. The van der Waals surface area contributed by atoms with Crippen LogP contribution in [0.4, 0.5) is 5.69 Å². The first-order chi connectivity index (χ1) is 8.54. The first-order valence-corrected chi connectivity index (χ1v) is 6.77. The molecule has 18 heavy (non-hydrogen) atoms. The van der Waals surface area contributed by atoms with Gasteiger partial charge in [-0.15, -0.1) is 0 Å². The van der Waals surface area contributed by atoms with Crippen molar-refractivity contribution in [1.82, 2.24) is 10.2 Å². The SMILES string of the molecule is CCNCc1ccc(Cl)cc1N(C)CCN(C)C. The molecule has 0 atom stereocenters. The molecule has 0 fully saturated rings. The molecule has 0 aliphatic rings. The highest BCUT2D eigenvalue weighted by atomic mass is 35.5. The molecular weight excluding hydrogens is 246 g/mol. The van der Waals surface area contributed by atoms with Crippen LogP contribution in [0.2, 0.25) is 5.02 Å². The van der Waals surface area contributed by atoms with E-state index in [0.29, 0.717) is 0 Å². The maximum absolute atomic E-state index is 6.10. The fourth-order valence-electron chi connectivity index (χ4n) is 1.77. The molecule has 0 saturated heterocycles. The van der Waals surface area contributed by atoms with Crippen molar-refractivity contribution >= 4 is 17.3 Å². The van der Waals surface area contributed by atoms with E-state index in [1.54, 1.807) is 0 Å². The third-order valence-electron chi connectivity index (χ3n) is 2.91. The van der Waals surface area contributed by atoms with E-state index < -0.39 is 0 Å². The van der Waals surface area contributed by atoms with Gasteiger partial charge in [-0.05, 0) is 38.3 Å². The highest BCUT2D eigenvalue weighted by molar-refractivity contribution is 6.30. The van der Waals surface area contributed by atoms with Gasteiger partial charge in [-0.1, -0.05) is 24.6 Å². The number of likely N-dealkylation sites (N-methyl/N-ethyl adjacent to an activating group) is 2. The Morgan fingerprint density at radius 1 is 1.17 bits per heavy atom. The van der Waals surface area contributed by atoms with Crippen LogP contribution in [-0.4, -0.2) is 45.7 Å². The Morgan fingerprint density at radius 2 is 1.89 bits per heavy atom. The minimum Gasteiger partial charge on any atom is -0.373 e. The van der Waals surface area contributed by atoms with E-state index in [1.807, 2.05) is 12.1 Å². The number of anilines is 1. The van der Waals surface area contributed by atoms with Gasteiger partial charge in [0, 0.05) is 37.4 Å². The Kier molecular flexibility index (Phi) is 6.47. The molecule has 0 spiro atoms. The number of rotatable bonds is 7. The van der Waals surface area contributed by atoms with Crippen molar-refractivity contribution in [3.8, 4) is 0 Å². The fraction of sp³-hybridized carbons (Fsp3) is 0.571. The van der Waals surface area contributed by atoms with Gasteiger partial charge in [-0.3, -0.25) is 0 Å². The van der Waals surface area contributed by atoms with Crippen LogP contribution in [0, 0.1) is 0 Å². The molecule has 0 bridgehead atoms. The van der Waals surface area contributed by atoms with E-state index in [2.05, 4.69) is 49.2 Å². The Bertz CT molecular complexity index is 366. The molecule has 4 heteroatoms. The zero-order valence-electron chi connectivity index (χ0n) is 11.8. The highest BCUT2D eigenvalue weighted by Gasteiger charge is 2.08. The smallest absolute Gasteiger partial charge is 0.0426 e. The summed E-state index contributed by atoms with van der Waals surface area (Å²) in [6.45, 7) is 6.00. The number of hydrogen-bond donors (Lipinski definition) is 1. The third-order valence-corrected chi connectivity index (χ3v) is 3.14. The normalized spacial score (nSPS) is 11.0. The Hall–Kier alpha value is -0.770. The summed E-state index contributed by atoms with van der Waals surface area (Å²) in [7, 11) is 6.29. The van der Waals surface area contributed by atoms with E-state index in [1.165, 1.54) is 11.3 Å². The summed E-state index contributed by atoms with van der Waals surface area (Å²) in [6, 6.07) is 6.11. The summed E-state index contributed by atoms with van der Waals surface area (Å²) in [6.07, 6.45) is 0. The monoisotopic (exact) mass is 269 g/mol. The van der Waals surface area contributed by atoms with Crippen LogP contribution >= 0.6 is 11.6 Å². The molecule has 0 heterocycles. The largest absolute Gasteiger partial charge is 0.373 e. The second-order valence-electron chi connectivity index (χ2n) is 4.78. The molecule has 1 N–H and O–H groups in total. The van der Waals surface area contributed by atoms with Crippen molar-refractivity contribution in [1.29, 1.82) is 0 Å². The highest BCUT2D eigenvalue weighted by Crippen LogP contribution is 2.24. The molecule has 3 nitrogen and oxygen atoms in total. The summed E-state index contributed by atoms with van der Waals surface area (Å²) in [5.41, 5.74) is 2.51. The molecule has 102 valence electrons. The van der Waals surface area contributed by atoms with Gasteiger partial charge in [0.2, 0.25) is 0 Å². The Balaban J connectivity index is 2.79. The lowest BCUT2D eigenvalue weighted by Crippen LogP contribution is -2.29. The van der Waals surface area contributed by atoms with Gasteiger partial charge in [0.1, 0.15) is 0 Å². The summed E-state index contributed by atoms with van der Waals surface area (Å²) < 4.78 is 0. The van der Waals surface area contributed by atoms with Crippen molar-refractivity contribution in [2.45, 2.75) is 13.5 Å². The van der Waals surface area contributed by atoms with Gasteiger partial charge in [-0.25, -0.2) is 0 Å². The standard InChI is InChI=1S/C14H24ClN3/c1-5-16-11-12-6-7-13(15)10-14(12)18(4)9-8-17(2)3/h6-7,10,16H,5,8-9,11H2,1-4H3. The van der Waals surface area contributed by atoms with Crippen LogP contribution in [0.15, 0.2) is 18.2 Å². The van der Waals surface area contributed by atoms with Crippen molar-refractivity contribution in [3.63, 3.8) is 0 Å². The van der Waals surface area contributed by atoms with Gasteiger partial charge < -0.3 is 15.1 Å². The zero-order chi connectivity index (χ0) is 13.5. The number of nitrogens with one attached hydrogen (secondary N) is 1. The van der Waals surface area contributed by atoms with E-state index in [4.69, 9.17) is 11.6 Å². The van der Waals surface area contributed by atoms with Gasteiger partial charge >= 0.3 is 0 Å². The minimum atomic E-state index is 0.793. The maximum Gasteiger partial charge on any atom is 0.0426 e. The Labute approximate surface area is 116 Å². The van der Waals surface area contributed by atoms with Crippen LogP contribution in [0.1, 0.15) is 12.5 Å². The van der Waals surface area contributed by atoms with Crippen molar-refractivity contribution < 1.29 is 0 Å². The van der Waals surface area contributed by atoms with Gasteiger partial charge in [0.15, 0.2) is 0 Å². The molecule has 0 amide bonds. The first-order valence-electron chi connectivity index (χ1n) is 6.39. The second-order valence-corrected chi connectivity index (χ2v) is 5.21. The van der Waals surface area contributed by atoms with Crippen molar-refractivity contribution in [2.24, 2.45) is 0 Å². The third kappa shape index (κ3) is 4.84. The van der Waals surface area contributed by atoms with Crippen molar-refractivity contribution in [3.05, 3.63) is 28.8 Å². The summed E-state index contributed by atoms with van der Waals surface area (Å²) in [5.74, 6) is 0. The zero-order valence-corrected chi connectivity index (χ0v) is 12.6. The van der Waals surface area contributed by atoms with E-state index >= 15 is 0 Å². The molecule has 1 aromatic rings. The summed E-state index contributed by atoms with van der Waals surface area (Å²) in [4.78, 5) is 4.45. The fourth-order valence-corrected chi connectivity index (χ4v) is 1.94. The van der Waals surface area contributed by atoms with Gasteiger partial charge in [0.25, 0.3) is 0 Å².